The smallest absolute Gasteiger partial charge is 0.165 e. The highest BCUT2D eigenvalue weighted by Crippen LogP contribution is 2.32. The Hall–Kier alpha value is -3.92. The number of fused-ring (bicyclic) bond motifs is 1. The third-order valence-corrected chi connectivity index (χ3v) is 6.08. The Morgan fingerprint density at radius 2 is 1.33 bits per heavy atom. The molecule has 1 N–H and O–H groups in total. The molecule has 0 atom stereocenters. The number of nitrogens with one attached hydrogen (secondary N) is 1. The van der Waals surface area contributed by atoms with Gasteiger partial charge >= 0.3 is 0 Å². The van der Waals surface area contributed by atoms with Crippen molar-refractivity contribution in [2.24, 2.45) is 0 Å². The molecular weight excluding hydrogens is 404 g/mol. The first-order chi connectivity index (χ1) is 16.2. The Kier molecular flexibility index (Phi) is 5.90. The SMILES string of the molecule is Cc1nc2c(-c3ccccc3)c(C)nn2c(NCCc2ccccc2)c1Cc1ccccc1. The summed E-state index contributed by atoms with van der Waals surface area (Å²) in [6, 6.07) is 31.6. The van der Waals surface area contributed by atoms with Crippen LogP contribution in [-0.2, 0) is 12.8 Å². The molecule has 2 heterocycles. The van der Waals surface area contributed by atoms with E-state index in [0.29, 0.717) is 0 Å². The van der Waals surface area contributed by atoms with Crippen molar-refractivity contribution in [2.75, 3.05) is 11.9 Å². The van der Waals surface area contributed by atoms with Gasteiger partial charge in [-0.15, -0.1) is 0 Å². The number of hydrogen-bond acceptors (Lipinski definition) is 3. The van der Waals surface area contributed by atoms with E-state index in [9.17, 15) is 0 Å². The van der Waals surface area contributed by atoms with Crippen LogP contribution in [0.5, 0.6) is 0 Å². The summed E-state index contributed by atoms with van der Waals surface area (Å²) in [5.41, 5.74) is 8.91. The average Bonchev–Trinajstić information content (AvgIpc) is 3.18. The molecule has 4 heteroatoms. The number of rotatable bonds is 7. The molecule has 0 amide bonds. The summed E-state index contributed by atoms with van der Waals surface area (Å²) in [6.45, 7) is 5.00. The van der Waals surface area contributed by atoms with Gasteiger partial charge in [0.2, 0.25) is 0 Å². The van der Waals surface area contributed by atoms with E-state index in [1.165, 1.54) is 16.7 Å². The Morgan fingerprint density at radius 1 is 0.727 bits per heavy atom. The van der Waals surface area contributed by atoms with Gasteiger partial charge in [0.1, 0.15) is 5.82 Å². The Labute approximate surface area is 195 Å². The number of anilines is 1. The number of aromatic nitrogens is 3. The second-order valence-corrected chi connectivity index (χ2v) is 8.41. The number of hydrogen-bond donors (Lipinski definition) is 1. The third kappa shape index (κ3) is 4.37. The summed E-state index contributed by atoms with van der Waals surface area (Å²) in [5.74, 6) is 1.03. The molecule has 0 unspecified atom stereocenters. The van der Waals surface area contributed by atoms with Gasteiger partial charge < -0.3 is 5.32 Å². The van der Waals surface area contributed by atoms with Crippen LogP contribution in [0.2, 0.25) is 0 Å². The molecule has 164 valence electrons. The third-order valence-electron chi connectivity index (χ3n) is 6.08. The van der Waals surface area contributed by atoms with E-state index in [1.807, 2.05) is 10.6 Å². The van der Waals surface area contributed by atoms with Crippen LogP contribution < -0.4 is 5.32 Å². The standard InChI is InChI=1S/C29H28N4/c1-21-26(20-24-14-8-4-9-15-24)28(30-19-18-23-12-6-3-7-13-23)33-29(31-21)27(22(2)32-33)25-16-10-5-11-17-25/h3-17,30H,18-20H2,1-2H3. The minimum absolute atomic E-state index is 0.808. The minimum Gasteiger partial charge on any atom is -0.369 e. The van der Waals surface area contributed by atoms with Crippen LogP contribution >= 0.6 is 0 Å². The van der Waals surface area contributed by atoms with Gasteiger partial charge in [-0.2, -0.15) is 9.61 Å². The van der Waals surface area contributed by atoms with Gasteiger partial charge in [0, 0.05) is 29.8 Å². The highest BCUT2D eigenvalue weighted by molar-refractivity contribution is 5.81. The predicted octanol–water partition coefficient (Wildman–Crippen LogP) is 6.26. The first-order valence-corrected chi connectivity index (χ1v) is 11.5. The van der Waals surface area contributed by atoms with Gasteiger partial charge in [-0.05, 0) is 37.0 Å². The second kappa shape index (κ2) is 9.29. The zero-order valence-corrected chi connectivity index (χ0v) is 19.1. The predicted molar refractivity (Wildman–Crippen MR) is 136 cm³/mol. The van der Waals surface area contributed by atoms with Crippen LogP contribution in [0.1, 0.15) is 28.1 Å². The van der Waals surface area contributed by atoms with E-state index in [-0.39, 0.29) is 0 Å². The van der Waals surface area contributed by atoms with Crippen LogP contribution in [0.15, 0.2) is 91.0 Å². The van der Waals surface area contributed by atoms with Crippen molar-refractivity contribution in [3.63, 3.8) is 0 Å². The molecule has 0 bridgehead atoms. The molecule has 5 rings (SSSR count). The molecule has 0 aliphatic rings. The summed E-state index contributed by atoms with van der Waals surface area (Å²) in [5, 5.41) is 8.67. The fourth-order valence-corrected chi connectivity index (χ4v) is 4.41. The minimum atomic E-state index is 0.808. The first-order valence-electron chi connectivity index (χ1n) is 11.5. The number of nitrogens with zero attached hydrogens (tertiary/aromatic N) is 3. The lowest BCUT2D eigenvalue weighted by Gasteiger charge is -2.16. The van der Waals surface area contributed by atoms with E-state index >= 15 is 0 Å². The highest BCUT2D eigenvalue weighted by atomic mass is 15.3. The summed E-state index contributed by atoms with van der Waals surface area (Å²) in [4.78, 5) is 5.06. The molecule has 0 fully saturated rings. The summed E-state index contributed by atoms with van der Waals surface area (Å²) >= 11 is 0. The van der Waals surface area contributed by atoms with Crippen LogP contribution in [-0.4, -0.2) is 21.1 Å². The van der Waals surface area contributed by atoms with Gasteiger partial charge in [0.05, 0.1) is 5.69 Å². The lowest BCUT2D eigenvalue weighted by Crippen LogP contribution is -2.14. The Morgan fingerprint density at radius 3 is 2.00 bits per heavy atom. The van der Waals surface area contributed by atoms with Gasteiger partial charge in [-0.1, -0.05) is 91.0 Å². The van der Waals surface area contributed by atoms with Gasteiger partial charge in [-0.3, -0.25) is 0 Å². The molecule has 33 heavy (non-hydrogen) atoms. The summed E-state index contributed by atoms with van der Waals surface area (Å²) in [6.07, 6.45) is 1.75. The average molecular weight is 433 g/mol. The number of benzene rings is 3. The lowest BCUT2D eigenvalue weighted by molar-refractivity contribution is 0.872. The van der Waals surface area contributed by atoms with Crippen LogP contribution in [0.25, 0.3) is 16.8 Å². The molecule has 0 spiro atoms. The van der Waals surface area contributed by atoms with Crippen molar-refractivity contribution in [2.45, 2.75) is 26.7 Å². The largest absolute Gasteiger partial charge is 0.369 e. The van der Waals surface area contributed by atoms with E-state index in [0.717, 1.165) is 53.4 Å². The van der Waals surface area contributed by atoms with E-state index < -0.39 is 0 Å². The van der Waals surface area contributed by atoms with Gasteiger partial charge in [-0.25, -0.2) is 4.98 Å². The monoisotopic (exact) mass is 432 g/mol. The van der Waals surface area contributed by atoms with Crippen molar-refractivity contribution >= 4 is 11.5 Å². The molecule has 0 radical (unpaired) electrons. The maximum absolute atomic E-state index is 5.06. The molecular formula is C29H28N4. The van der Waals surface area contributed by atoms with Crippen LogP contribution in [0.3, 0.4) is 0 Å². The summed E-state index contributed by atoms with van der Waals surface area (Å²) in [7, 11) is 0. The van der Waals surface area contributed by atoms with Crippen LogP contribution in [0.4, 0.5) is 5.82 Å². The van der Waals surface area contributed by atoms with Crippen LogP contribution in [0, 0.1) is 13.8 Å². The van der Waals surface area contributed by atoms with E-state index in [4.69, 9.17) is 10.1 Å². The molecule has 2 aromatic heterocycles. The lowest BCUT2D eigenvalue weighted by atomic mass is 10.0. The fraction of sp³-hybridized carbons (Fsp3) is 0.172. The maximum Gasteiger partial charge on any atom is 0.165 e. The molecule has 0 saturated heterocycles. The van der Waals surface area contributed by atoms with Crippen molar-refractivity contribution < 1.29 is 0 Å². The van der Waals surface area contributed by atoms with E-state index in [2.05, 4.69) is 104 Å². The van der Waals surface area contributed by atoms with Crippen molar-refractivity contribution in [3.8, 4) is 11.1 Å². The zero-order chi connectivity index (χ0) is 22.6. The molecule has 5 aromatic rings. The van der Waals surface area contributed by atoms with Gasteiger partial charge in [0.15, 0.2) is 5.65 Å². The zero-order valence-electron chi connectivity index (χ0n) is 19.1. The maximum atomic E-state index is 5.06. The molecule has 0 aliphatic carbocycles. The Balaban J connectivity index is 1.60. The second-order valence-electron chi connectivity index (χ2n) is 8.41. The Bertz CT molecular complexity index is 1360. The van der Waals surface area contributed by atoms with Crippen molar-refractivity contribution in [3.05, 3.63) is 119 Å². The topological polar surface area (TPSA) is 42.2 Å². The van der Waals surface area contributed by atoms with Crippen molar-refractivity contribution in [1.29, 1.82) is 0 Å². The van der Waals surface area contributed by atoms with Gasteiger partial charge in [0.25, 0.3) is 0 Å². The molecule has 0 saturated carbocycles. The van der Waals surface area contributed by atoms with Crippen molar-refractivity contribution in [1.82, 2.24) is 14.6 Å². The first kappa shape index (κ1) is 21.0. The van der Waals surface area contributed by atoms with E-state index in [1.54, 1.807) is 0 Å². The molecule has 3 aromatic carbocycles. The summed E-state index contributed by atoms with van der Waals surface area (Å²) < 4.78 is 2.01. The quantitative estimate of drug-likeness (QED) is 0.330. The fourth-order valence-electron chi connectivity index (χ4n) is 4.41. The highest BCUT2D eigenvalue weighted by Gasteiger charge is 2.20. The normalized spacial score (nSPS) is 11.1. The number of aryl methyl sites for hydroxylation is 2. The molecule has 4 nitrogen and oxygen atoms in total. The molecule has 0 aliphatic heterocycles.